The number of nitrogens with two attached hydrogens (primary N) is 2. The van der Waals surface area contributed by atoms with Crippen LogP contribution in [-0.2, 0) is 54.9 Å². The van der Waals surface area contributed by atoms with E-state index in [1.54, 1.807) is 63.3 Å². The monoisotopic (exact) mass is 1690 g/mol. The summed E-state index contributed by atoms with van der Waals surface area (Å²) in [6, 6.07) is 47.1. The van der Waals surface area contributed by atoms with Crippen LogP contribution in [0.1, 0.15) is 35.2 Å². The molecule has 0 bridgehead atoms. The Hall–Kier alpha value is -10.1. The van der Waals surface area contributed by atoms with Gasteiger partial charge in [-0.05, 0) is 84.4 Å². The average molecular weight is 1690 g/mol. The zero-order valence-electron chi connectivity index (χ0n) is 62.9. The second-order valence-electron chi connectivity index (χ2n) is 26.6. The third kappa shape index (κ3) is 17.7. The molecule has 0 amide bonds. The number of benzene rings is 7. The van der Waals surface area contributed by atoms with E-state index in [1.807, 2.05) is 115 Å². The number of aryl methyl sites for hydroxylation is 3. The minimum atomic E-state index is -0.137. The number of allylic oxidation sites excluding steroid dienone is 1. The van der Waals surface area contributed by atoms with Gasteiger partial charge >= 0.3 is 0 Å². The van der Waals surface area contributed by atoms with Gasteiger partial charge in [0.05, 0.1) is 146 Å². The topological polar surface area (TPSA) is 270 Å². The number of nitrogen functional groups attached to an aromatic ring is 1. The van der Waals surface area contributed by atoms with Crippen molar-refractivity contribution in [1.82, 2.24) is 33.9 Å². The molecular formula is C84H94Cl3IN14O10. The van der Waals surface area contributed by atoms with E-state index in [-0.39, 0.29) is 65.5 Å². The molecule has 6 aliphatic rings. The molecule has 0 radical (unpaired) electrons. The summed E-state index contributed by atoms with van der Waals surface area (Å²) in [6.07, 6.45) is 7.01. The number of nitrogens with zero attached hydrogens (tertiary/aromatic N) is 9. The van der Waals surface area contributed by atoms with Crippen LogP contribution in [-0.4, -0.2) is 165 Å². The van der Waals surface area contributed by atoms with Crippen molar-refractivity contribution >= 4 is 143 Å². The van der Waals surface area contributed by atoms with Crippen molar-refractivity contribution in [3.63, 3.8) is 0 Å². The highest BCUT2D eigenvalue weighted by atomic mass is 127. The molecule has 1 aliphatic carbocycles. The van der Waals surface area contributed by atoms with Crippen molar-refractivity contribution in [2.45, 2.75) is 39.0 Å². The number of hydrogen-bond acceptors (Lipinski definition) is 20. The summed E-state index contributed by atoms with van der Waals surface area (Å²) in [5.41, 5.74) is 26.5. The minimum absolute atomic E-state index is 0. The molecule has 4 aromatic heterocycles. The van der Waals surface area contributed by atoms with Crippen LogP contribution < -0.4 is 67.5 Å². The molecule has 3 fully saturated rings. The number of morpholine rings is 3. The van der Waals surface area contributed by atoms with Gasteiger partial charge in [0.2, 0.25) is 0 Å². The molecule has 17 rings (SSSR count). The number of amidine groups is 1. The maximum absolute atomic E-state index is 13.8. The van der Waals surface area contributed by atoms with Crippen molar-refractivity contribution in [3.05, 3.63) is 233 Å². The number of hydrogen-bond donors (Lipinski definition) is 5. The van der Waals surface area contributed by atoms with Gasteiger partial charge in [-0.1, -0.05) is 91.8 Å². The molecule has 0 saturated carbocycles. The number of rotatable bonds is 14. The Morgan fingerprint density at radius 1 is 0.598 bits per heavy atom. The van der Waals surface area contributed by atoms with Gasteiger partial charge < -0.3 is 88.6 Å². The number of fused-ring (bicyclic) bond motifs is 6. The lowest BCUT2D eigenvalue weighted by molar-refractivity contribution is 0.0550. The van der Waals surface area contributed by atoms with Gasteiger partial charge in [0, 0.05) is 136 Å². The van der Waals surface area contributed by atoms with Crippen molar-refractivity contribution in [3.8, 4) is 34.4 Å². The first-order chi connectivity index (χ1) is 53.6. The molecule has 28 heteroatoms. The normalized spacial score (nSPS) is 16.0. The third-order valence-corrected chi connectivity index (χ3v) is 20.7. The Morgan fingerprint density at radius 3 is 1.70 bits per heavy atom. The summed E-state index contributed by atoms with van der Waals surface area (Å²) >= 11 is 16.2. The lowest BCUT2D eigenvalue weighted by Gasteiger charge is -2.32. The summed E-state index contributed by atoms with van der Waals surface area (Å²) in [4.78, 5) is 64.6. The second kappa shape index (κ2) is 37.9. The number of halogens is 4. The number of para-hydroxylation sites is 3. The number of H-pyrrole nitrogens is 1. The van der Waals surface area contributed by atoms with E-state index in [4.69, 9.17) is 94.4 Å². The number of alkyl halides is 2. The summed E-state index contributed by atoms with van der Waals surface area (Å²) in [7, 11) is 11.9. The highest BCUT2D eigenvalue weighted by Crippen LogP contribution is 2.38. The van der Waals surface area contributed by atoms with Crippen molar-refractivity contribution in [2.75, 3.05) is 134 Å². The number of ether oxygens (including phenoxy) is 7. The van der Waals surface area contributed by atoms with Gasteiger partial charge in [-0.15, -0.1) is 47.2 Å². The van der Waals surface area contributed by atoms with Gasteiger partial charge in [0.1, 0.15) is 45.8 Å². The Balaban J connectivity index is 0.000000153. The van der Waals surface area contributed by atoms with E-state index in [0.717, 1.165) is 166 Å². The van der Waals surface area contributed by atoms with E-state index in [1.165, 1.54) is 5.70 Å². The van der Waals surface area contributed by atoms with Crippen LogP contribution in [0.2, 0.25) is 5.02 Å². The Kier molecular flexibility index (Phi) is 28.1. The van der Waals surface area contributed by atoms with Crippen LogP contribution in [0.5, 0.6) is 23.0 Å². The number of aromatic amines is 1. The van der Waals surface area contributed by atoms with Crippen molar-refractivity contribution in [1.29, 1.82) is 0 Å². The maximum atomic E-state index is 13.8. The first-order valence-corrected chi connectivity index (χ1v) is 37.7. The second-order valence-corrected chi connectivity index (χ2v) is 27.8. The molecule has 9 heterocycles. The Labute approximate surface area is 682 Å². The van der Waals surface area contributed by atoms with Gasteiger partial charge in [-0.3, -0.25) is 24.4 Å². The minimum Gasteiger partial charge on any atom is -0.497 e. The molecule has 2 atom stereocenters. The molecule has 2 unspecified atom stereocenters. The number of aliphatic imine (C=N–C) groups is 2. The first kappa shape index (κ1) is 82.9. The van der Waals surface area contributed by atoms with Gasteiger partial charge in [0.15, 0.2) is 0 Å². The van der Waals surface area contributed by atoms with E-state index >= 15 is 0 Å². The van der Waals surface area contributed by atoms with E-state index in [0.29, 0.717) is 83.3 Å². The molecule has 588 valence electrons. The van der Waals surface area contributed by atoms with Crippen LogP contribution in [0.25, 0.3) is 55.1 Å². The molecule has 3 saturated heterocycles. The molecule has 7 N–H and O–H groups in total. The molecule has 11 aromatic rings. The van der Waals surface area contributed by atoms with Crippen LogP contribution in [0, 0.1) is 0 Å². The fraction of sp³-hybridized carbons (Fsp3) is 0.310. The SMILES string of the molecule is C.COc1ccc(CN)c(OC)c1.COc1ccc(CNc2c(-c3nc4ccc(N5CCOCC5)cc4[nH]3)c(=O)n(C)c3ccccc23)c(OC)c1.ClCCl.Cn1c(=O)c(C2=NC3C=CC(N4CCOCC4)=CC3N2)c(N)c2ccccc21.Cn1c(=O)c(C2=Nc3cc(N4CCOCC4)ccc3C2)c(Cl)c2ccccc21.I. The molecule has 24 nitrogen and oxygen atoms in total. The fourth-order valence-electron chi connectivity index (χ4n) is 14.4. The predicted octanol–water partition coefficient (Wildman–Crippen LogP) is 13.1. The van der Waals surface area contributed by atoms with Crippen LogP contribution in [0.3, 0.4) is 0 Å². The van der Waals surface area contributed by atoms with Crippen LogP contribution in [0.15, 0.2) is 194 Å². The van der Waals surface area contributed by atoms with Crippen molar-refractivity contribution < 1.29 is 33.2 Å². The number of anilines is 4. The Bertz CT molecular complexity index is 5530. The van der Waals surface area contributed by atoms with E-state index in [2.05, 4.69) is 78.9 Å². The Morgan fingerprint density at radius 2 is 1.11 bits per heavy atom. The number of methoxy groups -OCH3 is 4. The highest BCUT2D eigenvalue weighted by molar-refractivity contribution is 14.0. The standard InChI is InChI=1S/C30H31N5O4.C22H20ClN3O2.C21H23N5O2.C9H13NO2.CH2Cl2.CH4.HI/c1-34-25-7-5-4-6-22(25)28(31-18-19-8-10-21(37-2)17-26(19)38-3)27(30(34)36)29-32-23-11-9-20(16-24(23)33-29)35-12-14-39-15-13-35;1-25-19-5-3-2-4-16(19)21(23)20(22(25)27)18-12-14-6-7-15(13-17(14)24-18)26-8-10-28-11-9-26;1-25-17-5-3-2-4-14(17)19(22)18(21(25)27)20-23-15-7-6-13(12-16(15)24-20)26-8-10-28-11-9-26;1-11-8-4-3-7(6-10)9(5-8)12-2;2-1-3;;/h4-11,16-17,31H,12-15,18H2,1-3H3,(H,32,33);2-7,13H,8-12H2,1H3;2-7,12,15-16H,8-11,22H2,1H3,(H,23,24);3-5H,6,10H2,1-2H3;1H2;1H4;1H. The first-order valence-electron chi connectivity index (χ1n) is 36.2. The third-order valence-electron chi connectivity index (χ3n) is 20.4. The number of aromatic nitrogens is 5. The fourth-order valence-corrected chi connectivity index (χ4v) is 14.8. The number of nitrogens with one attached hydrogen (secondary N) is 3. The summed E-state index contributed by atoms with van der Waals surface area (Å²) in [5.74, 6) is 4.08. The summed E-state index contributed by atoms with van der Waals surface area (Å²) in [5, 5.41) is 10.3. The smallest absolute Gasteiger partial charge is 0.263 e. The van der Waals surface area contributed by atoms with E-state index < -0.39 is 0 Å². The quantitative estimate of drug-likeness (QED) is 0.0500. The van der Waals surface area contributed by atoms with Crippen LogP contribution in [0.4, 0.5) is 28.4 Å². The highest BCUT2D eigenvalue weighted by Gasteiger charge is 2.33. The van der Waals surface area contributed by atoms with E-state index in [9.17, 15) is 14.4 Å². The molecular weight excluding hydrogens is 1600 g/mol. The maximum Gasteiger partial charge on any atom is 0.263 e. The number of pyridine rings is 3. The molecule has 5 aliphatic heterocycles. The summed E-state index contributed by atoms with van der Waals surface area (Å²) in [6.45, 7) is 10.6. The van der Waals surface area contributed by atoms with Gasteiger partial charge in [0.25, 0.3) is 16.7 Å². The molecule has 112 heavy (non-hydrogen) atoms. The predicted molar refractivity (Wildman–Crippen MR) is 464 cm³/mol. The zero-order chi connectivity index (χ0) is 77.1. The lowest BCUT2D eigenvalue weighted by Crippen LogP contribution is -2.40. The van der Waals surface area contributed by atoms with Gasteiger partial charge in [-0.25, -0.2) is 4.98 Å². The zero-order valence-corrected chi connectivity index (χ0v) is 67.5. The molecule has 7 aromatic carbocycles. The average Bonchev–Trinajstić information content (AvgIpc) is 1.44. The number of imidazole rings is 1. The summed E-state index contributed by atoms with van der Waals surface area (Å²) < 4.78 is 42.5. The van der Waals surface area contributed by atoms with Gasteiger partial charge in [-0.2, -0.15) is 0 Å². The lowest BCUT2D eigenvalue weighted by atomic mass is 10.0. The largest absolute Gasteiger partial charge is 0.497 e. The van der Waals surface area contributed by atoms with Crippen LogP contribution >= 0.6 is 58.8 Å². The van der Waals surface area contributed by atoms with Crippen molar-refractivity contribution in [2.24, 2.45) is 36.9 Å². The molecule has 0 spiro atoms.